The molecule has 2 amide bonds. The van der Waals surface area contributed by atoms with Crippen LogP contribution in [0.25, 0.3) is 0 Å². The SMILES string of the molecule is O=C1CCC(=O)N1.[Zn]. The van der Waals surface area contributed by atoms with Crippen molar-refractivity contribution in [2.75, 3.05) is 0 Å². The van der Waals surface area contributed by atoms with Gasteiger partial charge in [-0.05, 0) is 0 Å². The zero-order valence-corrected chi connectivity index (χ0v) is 7.40. The van der Waals surface area contributed by atoms with E-state index in [4.69, 9.17) is 0 Å². The number of carbonyl (C=O) groups is 2. The van der Waals surface area contributed by atoms with Gasteiger partial charge in [0.15, 0.2) is 0 Å². The molecule has 0 bridgehead atoms. The molecule has 40 valence electrons. The Morgan fingerprint density at radius 2 is 1.50 bits per heavy atom. The molecule has 0 aliphatic carbocycles. The average Bonchev–Trinajstić information content (AvgIpc) is 1.87. The van der Waals surface area contributed by atoms with E-state index in [2.05, 4.69) is 5.32 Å². The molecule has 8 heavy (non-hydrogen) atoms. The molecule has 0 atom stereocenters. The maximum atomic E-state index is 10.1. The molecule has 1 aliphatic heterocycles. The molecular formula is C4H5NO2Zn. The van der Waals surface area contributed by atoms with E-state index >= 15 is 0 Å². The number of rotatable bonds is 0. The predicted octanol–water partition coefficient (Wildman–Crippen LogP) is -0.579. The van der Waals surface area contributed by atoms with E-state index in [1.807, 2.05) is 0 Å². The fraction of sp³-hybridized carbons (Fsp3) is 0.500. The van der Waals surface area contributed by atoms with Crippen molar-refractivity contribution in [1.82, 2.24) is 5.32 Å². The van der Waals surface area contributed by atoms with Crippen molar-refractivity contribution in [2.45, 2.75) is 12.8 Å². The van der Waals surface area contributed by atoms with Crippen molar-refractivity contribution in [3.8, 4) is 0 Å². The molecule has 1 aliphatic rings. The van der Waals surface area contributed by atoms with Gasteiger partial charge in [0, 0.05) is 32.3 Å². The fourth-order valence-corrected chi connectivity index (χ4v) is 0.508. The summed E-state index contributed by atoms with van der Waals surface area (Å²) in [4.78, 5) is 20.2. The number of hydrogen-bond donors (Lipinski definition) is 1. The number of carbonyl (C=O) groups excluding carboxylic acids is 2. The van der Waals surface area contributed by atoms with E-state index in [0.29, 0.717) is 12.8 Å². The second kappa shape index (κ2) is 2.93. The van der Waals surface area contributed by atoms with Crippen LogP contribution >= 0.6 is 0 Å². The largest absolute Gasteiger partial charge is 0.296 e. The smallest absolute Gasteiger partial charge is 0.227 e. The topological polar surface area (TPSA) is 46.2 Å². The molecule has 1 N–H and O–H groups in total. The van der Waals surface area contributed by atoms with Gasteiger partial charge >= 0.3 is 0 Å². The first kappa shape index (κ1) is 7.76. The van der Waals surface area contributed by atoms with Gasteiger partial charge < -0.3 is 0 Å². The van der Waals surface area contributed by atoms with Crippen molar-refractivity contribution >= 4 is 11.8 Å². The van der Waals surface area contributed by atoms with Crippen LogP contribution in [0.4, 0.5) is 0 Å². The van der Waals surface area contributed by atoms with E-state index in [1.165, 1.54) is 0 Å². The van der Waals surface area contributed by atoms with Gasteiger partial charge in [-0.15, -0.1) is 0 Å². The van der Waals surface area contributed by atoms with Crippen molar-refractivity contribution in [3.05, 3.63) is 0 Å². The summed E-state index contributed by atoms with van der Waals surface area (Å²) in [6, 6.07) is 0. The van der Waals surface area contributed by atoms with Gasteiger partial charge in [0.2, 0.25) is 11.8 Å². The van der Waals surface area contributed by atoms with Crippen LogP contribution in [0.15, 0.2) is 0 Å². The Kier molecular flexibility index (Phi) is 2.84. The van der Waals surface area contributed by atoms with Crippen molar-refractivity contribution < 1.29 is 29.1 Å². The molecular weight excluding hydrogens is 159 g/mol. The normalized spacial score (nSPS) is 17.5. The molecule has 1 rings (SSSR count). The number of amides is 2. The van der Waals surface area contributed by atoms with Crippen LogP contribution in [0.5, 0.6) is 0 Å². The Labute approximate surface area is 59.6 Å². The minimum absolute atomic E-state index is 0. The van der Waals surface area contributed by atoms with Crippen molar-refractivity contribution in [3.63, 3.8) is 0 Å². The summed E-state index contributed by atoms with van der Waals surface area (Å²) >= 11 is 0. The van der Waals surface area contributed by atoms with Crippen LogP contribution in [0.3, 0.4) is 0 Å². The Bertz CT molecular complexity index is 109. The van der Waals surface area contributed by atoms with Crippen LogP contribution in [-0.4, -0.2) is 11.8 Å². The van der Waals surface area contributed by atoms with Crippen molar-refractivity contribution in [1.29, 1.82) is 0 Å². The van der Waals surface area contributed by atoms with Crippen LogP contribution < -0.4 is 5.32 Å². The molecule has 1 heterocycles. The molecule has 0 aromatic rings. The minimum atomic E-state index is -0.148. The van der Waals surface area contributed by atoms with E-state index in [9.17, 15) is 9.59 Å². The molecule has 0 unspecified atom stereocenters. The first-order valence-corrected chi connectivity index (χ1v) is 2.12. The van der Waals surface area contributed by atoms with Gasteiger partial charge in [-0.25, -0.2) is 0 Å². The molecule has 0 aromatic carbocycles. The van der Waals surface area contributed by atoms with Crippen molar-refractivity contribution in [2.24, 2.45) is 0 Å². The fourth-order valence-electron chi connectivity index (χ4n) is 0.508. The Balaban J connectivity index is 0.000000490. The number of imide groups is 1. The standard InChI is InChI=1S/C4H5NO2.Zn/c6-3-1-2-4(7)5-3;/h1-2H2,(H,5,6,7);. The first-order valence-electron chi connectivity index (χ1n) is 2.12. The monoisotopic (exact) mass is 163 g/mol. The summed E-state index contributed by atoms with van der Waals surface area (Å²) in [5.74, 6) is -0.296. The van der Waals surface area contributed by atoms with Crippen LogP contribution in [0, 0.1) is 0 Å². The molecule has 0 radical (unpaired) electrons. The van der Waals surface area contributed by atoms with E-state index in [-0.39, 0.29) is 31.3 Å². The third-order valence-corrected chi connectivity index (χ3v) is 0.858. The van der Waals surface area contributed by atoms with E-state index in [1.54, 1.807) is 0 Å². The third-order valence-electron chi connectivity index (χ3n) is 0.858. The molecule has 0 saturated carbocycles. The van der Waals surface area contributed by atoms with Crippen LogP contribution in [0.1, 0.15) is 12.8 Å². The third kappa shape index (κ3) is 1.70. The summed E-state index contributed by atoms with van der Waals surface area (Å²) in [5.41, 5.74) is 0. The molecule has 0 aromatic heterocycles. The van der Waals surface area contributed by atoms with E-state index in [0.717, 1.165) is 0 Å². The van der Waals surface area contributed by atoms with Gasteiger partial charge in [-0.1, -0.05) is 0 Å². The number of hydrogen-bond acceptors (Lipinski definition) is 2. The predicted molar refractivity (Wildman–Crippen MR) is 22.4 cm³/mol. The molecule has 3 nitrogen and oxygen atoms in total. The Morgan fingerprint density at radius 3 is 1.62 bits per heavy atom. The number of nitrogens with one attached hydrogen (secondary N) is 1. The second-order valence-electron chi connectivity index (χ2n) is 1.47. The Morgan fingerprint density at radius 1 is 1.12 bits per heavy atom. The maximum absolute atomic E-state index is 10.1. The molecule has 1 fully saturated rings. The summed E-state index contributed by atoms with van der Waals surface area (Å²) in [5, 5.41) is 2.14. The quantitative estimate of drug-likeness (QED) is 0.385. The zero-order chi connectivity index (χ0) is 5.28. The van der Waals surface area contributed by atoms with Gasteiger partial charge in [0.05, 0.1) is 0 Å². The van der Waals surface area contributed by atoms with Gasteiger partial charge in [0.25, 0.3) is 0 Å². The summed E-state index contributed by atoms with van der Waals surface area (Å²) < 4.78 is 0. The summed E-state index contributed by atoms with van der Waals surface area (Å²) in [6.07, 6.45) is 0.748. The average molecular weight is 164 g/mol. The summed E-state index contributed by atoms with van der Waals surface area (Å²) in [7, 11) is 0. The van der Waals surface area contributed by atoms with E-state index < -0.39 is 0 Å². The maximum Gasteiger partial charge on any atom is 0.227 e. The molecule has 1 saturated heterocycles. The minimum Gasteiger partial charge on any atom is -0.296 e. The molecule has 4 heteroatoms. The molecule has 0 spiro atoms. The zero-order valence-electron chi connectivity index (χ0n) is 4.44. The Hall–Kier alpha value is -0.237. The van der Waals surface area contributed by atoms with Gasteiger partial charge in [0.1, 0.15) is 0 Å². The van der Waals surface area contributed by atoms with Crippen LogP contribution in [0.2, 0.25) is 0 Å². The van der Waals surface area contributed by atoms with Crippen LogP contribution in [-0.2, 0) is 29.1 Å². The van der Waals surface area contributed by atoms with Gasteiger partial charge in [-0.3, -0.25) is 14.9 Å². The summed E-state index contributed by atoms with van der Waals surface area (Å²) in [6.45, 7) is 0. The van der Waals surface area contributed by atoms with Gasteiger partial charge in [-0.2, -0.15) is 0 Å². The second-order valence-corrected chi connectivity index (χ2v) is 1.47. The first-order chi connectivity index (χ1) is 3.29.